The number of aromatic nitrogens is 2. The van der Waals surface area contributed by atoms with Crippen LogP contribution < -0.4 is 5.32 Å². The van der Waals surface area contributed by atoms with Gasteiger partial charge in [-0.05, 0) is 48.5 Å². The van der Waals surface area contributed by atoms with Crippen molar-refractivity contribution >= 4 is 46.5 Å². The first-order valence-corrected chi connectivity index (χ1v) is 9.05. The first kappa shape index (κ1) is 19.6. The summed E-state index contributed by atoms with van der Waals surface area (Å²) in [6, 6.07) is 13.2. The van der Waals surface area contributed by atoms with Gasteiger partial charge in [-0.25, -0.2) is 14.8 Å². The quantitative estimate of drug-likeness (QED) is 0.266. The number of hydrogen-bond acceptors (Lipinski definition) is 8. The molecule has 0 saturated carbocycles. The zero-order valence-electron chi connectivity index (χ0n) is 14.5. The molecular formula is C18H13ClN4O4S. The number of ether oxygens (including phenoxy) is 1. The molecule has 1 aromatic heterocycles. The zero-order valence-corrected chi connectivity index (χ0v) is 16.0. The minimum absolute atomic E-state index is 0.0438. The maximum Gasteiger partial charge on any atom is 0.343 e. The summed E-state index contributed by atoms with van der Waals surface area (Å²) in [6.07, 6.45) is 1.25. The normalized spacial score (nSPS) is 10.4. The number of nitro groups is 1. The standard InChI is InChI=1S/C18H13ClN4O4S/c1-27-18(24)11-2-6-13(7-3-11)22-16-15(23(25)26)17(21-10-20-16)28-14-8-4-12(19)5-9-14/h2-10H,1H3,(H,20,21,22). The van der Waals surface area contributed by atoms with E-state index in [9.17, 15) is 14.9 Å². The zero-order chi connectivity index (χ0) is 20.1. The smallest absolute Gasteiger partial charge is 0.343 e. The molecule has 0 aliphatic rings. The van der Waals surface area contributed by atoms with Gasteiger partial charge in [0.15, 0.2) is 5.03 Å². The molecule has 3 rings (SSSR count). The second kappa shape index (κ2) is 8.68. The average Bonchev–Trinajstić information content (AvgIpc) is 2.69. The van der Waals surface area contributed by atoms with Gasteiger partial charge in [0, 0.05) is 15.6 Å². The Morgan fingerprint density at radius 2 is 1.82 bits per heavy atom. The lowest BCUT2D eigenvalue weighted by molar-refractivity contribution is -0.387. The van der Waals surface area contributed by atoms with Crippen molar-refractivity contribution in [1.29, 1.82) is 0 Å². The van der Waals surface area contributed by atoms with Gasteiger partial charge < -0.3 is 10.1 Å². The Morgan fingerprint density at radius 1 is 1.14 bits per heavy atom. The molecule has 1 N–H and O–H groups in total. The number of hydrogen-bond donors (Lipinski definition) is 1. The first-order chi connectivity index (χ1) is 13.5. The van der Waals surface area contributed by atoms with Crippen LogP contribution in [0.2, 0.25) is 5.02 Å². The highest BCUT2D eigenvalue weighted by Crippen LogP contribution is 2.37. The molecule has 10 heteroatoms. The van der Waals surface area contributed by atoms with Crippen molar-refractivity contribution in [2.24, 2.45) is 0 Å². The van der Waals surface area contributed by atoms with E-state index in [0.29, 0.717) is 16.3 Å². The third-order valence-corrected chi connectivity index (χ3v) is 4.82. The van der Waals surface area contributed by atoms with Gasteiger partial charge in [0.25, 0.3) is 0 Å². The summed E-state index contributed by atoms with van der Waals surface area (Å²) in [4.78, 5) is 31.4. The van der Waals surface area contributed by atoms with Crippen molar-refractivity contribution in [1.82, 2.24) is 9.97 Å². The minimum Gasteiger partial charge on any atom is -0.465 e. The van der Waals surface area contributed by atoms with Gasteiger partial charge in [-0.2, -0.15) is 0 Å². The number of rotatable bonds is 6. The minimum atomic E-state index is -0.538. The van der Waals surface area contributed by atoms with Crippen molar-refractivity contribution in [3.05, 3.63) is 75.6 Å². The molecule has 0 bridgehead atoms. The molecule has 0 radical (unpaired) electrons. The van der Waals surface area contributed by atoms with Gasteiger partial charge >= 0.3 is 11.7 Å². The number of esters is 1. The Hall–Kier alpha value is -3.17. The number of carbonyl (C=O) groups is 1. The number of nitrogens with one attached hydrogen (secondary N) is 1. The summed E-state index contributed by atoms with van der Waals surface area (Å²) in [6.45, 7) is 0. The predicted octanol–water partition coefficient (Wildman–Crippen LogP) is 4.72. The second-order valence-electron chi connectivity index (χ2n) is 5.38. The van der Waals surface area contributed by atoms with Crippen LogP contribution in [-0.4, -0.2) is 28.0 Å². The molecule has 0 unspecified atom stereocenters. The van der Waals surface area contributed by atoms with Crippen LogP contribution in [0.4, 0.5) is 17.2 Å². The maximum atomic E-state index is 11.6. The number of methoxy groups -OCH3 is 1. The molecule has 0 saturated heterocycles. The van der Waals surface area contributed by atoms with Crippen molar-refractivity contribution < 1.29 is 14.5 Å². The summed E-state index contributed by atoms with van der Waals surface area (Å²) in [7, 11) is 1.29. The summed E-state index contributed by atoms with van der Waals surface area (Å²) < 4.78 is 4.64. The maximum absolute atomic E-state index is 11.6. The monoisotopic (exact) mass is 416 g/mol. The number of nitrogens with zero attached hydrogens (tertiary/aromatic N) is 3. The molecule has 3 aromatic rings. The molecule has 28 heavy (non-hydrogen) atoms. The van der Waals surface area contributed by atoms with E-state index < -0.39 is 10.9 Å². The van der Waals surface area contributed by atoms with Crippen molar-refractivity contribution in [3.63, 3.8) is 0 Å². The number of anilines is 2. The molecule has 0 spiro atoms. The molecule has 0 fully saturated rings. The van der Waals surface area contributed by atoms with Crippen LogP contribution in [0.1, 0.15) is 10.4 Å². The molecule has 8 nitrogen and oxygen atoms in total. The van der Waals surface area contributed by atoms with Crippen LogP contribution in [0, 0.1) is 10.1 Å². The van der Waals surface area contributed by atoms with Crippen LogP contribution in [0.5, 0.6) is 0 Å². The molecule has 0 amide bonds. The van der Waals surface area contributed by atoms with Gasteiger partial charge in [-0.1, -0.05) is 23.4 Å². The van der Waals surface area contributed by atoms with Gasteiger partial charge in [0.1, 0.15) is 6.33 Å². The highest BCUT2D eigenvalue weighted by Gasteiger charge is 2.24. The number of halogens is 1. The molecular weight excluding hydrogens is 404 g/mol. The molecule has 0 aliphatic heterocycles. The summed E-state index contributed by atoms with van der Waals surface area (Å²) >= 11 is 7.00. The van der Waals surface area contributed by atoms with E-state index >= 15 is 0 Å². The van der Waals surface area contributed by atoms with E-state index in [1.54, 1.807) is 48.5 Å². The Bertz CT molecular complexity index is 1010. The van der Waals surface area contributed by atoms with Crippen LogP contribution >= 0.6 is 23.4 Å². The topological polar surface area (TPSA) is 107 Å². The third kappa shape index (κ3) is 4.56. The van der Waals surface area contributed by atoms with Crippen LogP contribution in [0.3, 0.4) is 0 Å². The Kier molecular flexibility index (Phi) is 6.07. The van der Waals surface area contributed by atoms with Crippen molar-refractivity contribution in [2.75, 3.05) is 12.4 Å². The van der Waals surface area contributed by atoms with Gasteiger partial charge in [-0.15, -0.1) is 0 Å². The van der Waals surface area contributed by atoms with Gasteiger partial charge in [0.2, 0.25) is 5.82 Å². The molecule has 0 aliphatic carbocycles. The van der Waals surface area contributed by atoms with Crippen LogP contribution in [0.25, 0.3) is 0 Å². The fourth-order valence-electron chi connectivity index (χ4n) is 2.25. The van der Waals surface area contributed by atoms with Crippen LogP contribution in [0.15, 0.2) is 64.8 Å². The SMILES string of the molecule is COC(=O)c1ccc(Nc2ncnc(Sc3ccc(Cl)cc3)c2[N+](=O)[O-])cc1. The van der Waals surface area contributed by atoms with E-state index in [1.807, 2.05) is 0 Å². The summed E-state index contributed by atoms with van der Waals surface area (Å²) in [5.74, 6) is -0.427. The van der Waals surface area contributed by atoms with Crippen LogP contribution in [-0.2, 0) is 4.74 Å². The first-order valence-electron chi connectivity index (χ1n) is 7.86. The highest BCUT2D eigenvalue weighted by molar-refractivity contribution is 7.99. The largest absolute Gasteiger partial charge is 0.465 e. The molecule has 2 aromatic carbocycles. The second-order valence-corrected chi connectivity index (χ2v) is 6.88. The van der Waals surface area contributed by atoms with Crippen molar-refractivity contribution in [3.8, 4) is 0 Å². The van der Waals surface area contributed by atoms with Gasteiger partial charge in [0.05, 0.1) is 17.6 Å². The van der Waals surface area contributed by atoms with E-state index in [-0.39, 0.29) is 16.5 Å². The van der Waals surface area contributed by atoms with E-state index in [1.165, 1.54) is 13.4 Å². The third-order valence-electron chi connectivity index (χ3n) is 3.57. The summed E-state index contributed by atoms with van der Waals surface area (Å²) in [5, 5.41) is 15.3. The average molecular weight is 417 g/mol. The van der Waals surface area contributed by atoms with E-state index in [2.05, 4.69) is 20.0 Å². The lowest BCUT2D eigenvalue weighted by Gasteiger charge is -2.09. The Morgan fingerprint density at radius 3 is 2.43 bits per heavy atom. The van der Waals surface area contributed by atoms with E-state index in [0.717, 1.165) is 16.7 Å². The predicted molar refractivity (Wildman–Crippen MR) is 105 cm³/mol. The van der Waals surface area contributed by atoms with E-state index in [4.69, 9.17) is 11.6 Å². The number of carbonyl (C=O) groups excluding carboxylic acids is 1. The van der Waals surface area contributed by atoms with Gasteiger partial charge in [-0.3, -0.25) is 10.1 Å². The fourth-order valence-corrected chi connectivity index (χ4v) is 3.24. The lowest BCUT2D eigenvalue weighted by Crippen LogP contribution is -2.04. The Labute approximate surface area is 169 Å². The van der Waals surface area contributed by atoms with Crippen molar-refractivity contribution in [2.45, 2.75) is 9.92 Å². The Balaban J connectivity index is 1.89. The molecule has 142 valence electrons. The lowest BCUT2D eigenvalue weighted by atomic mass is 10.2. The molecule has 1 heterocycles. The molecule has 0 atom stereocenters. The number of benzene rings is 2. The highest BCUT2D eigenvalue weighted by atomic mass is 35.5. The summed E-state index contributed by atoms with van der Waals surface area (Å²) in [5.41, 5.74) is 0.639. The fraction of sp³-hybridized carbons (Fsp3) is 0.0556.